The molecule has 3 amide bonds. The van der Waals surface area contributed by atoms with Crippen molar-refractivity contribution in [2.75, 3.05) is 18.4 Å². The number of halogens is 1. The third kappa shape index (κ3) is 4.35. The van der Waals surface area contributed by atoms with Crippen LogP contribution in [0.5, 0.6) is 0 Å². The first-order valence-electron chi connectivity index (χ1n) is 7.18. The standard InChI is InChI=1S/C15H22N4O2.ClH/c1-10-5-6-19(13(7-10)9-16)14(20)11-3-2-4-12(8-11)18-15(17)21;/h2-4,8,10,13H,5-7,9,16H2,1H3,(H3,17,18,21);1H. The Labute approximate surface area is 136 Å². The van der Waals surface area contributed by atoms with Gasteiger partial charge < -0.3 is 21.7 Å². The summed E-state index contributed by atoms with van der Waals surface area (Å²) in [5.74, 6) is 0.538. The lowest BCUT2D eigenvalue weighted by molar-refractivity contribution is 0.0573. The lowest BCUT2D eigenvalue weighted by Gasteiger charge is -2.38. The number of nitrogens with one attached hydrogen (secondary N) is 1. The molecule has 1 heterocycles. The van der Waals surface area contributed by atoms with Crippen molar-refractivity contribution in [2.45, 2.75) is 25.8 Å². The average Bonchev–Trinajstić information content (AvgIpc) is 2.46. The second-order valence-corrected chi connectivity index (χ2v) is 5.59. The zero-order valence-electron chi connectivity index (χ0n) is 12.6. The Bertz CT molecular complexity index is 538. The van der Waals surface area contributed by atoms with Crippen molar-refractivity contribution in [3.8, 4) is 0 Å². The SMILES string of the molecule is CC1CCN(C(=O)c2cccc(NC(N)=O)c2)C(CN)C1.Cl. The normalized spacial score (nSPS) is 20.9. The Balaban J connectivity index is 0.00000242. The molecule has 0 saturated carbocycles. The Hall–Kier alpha value is -1.79. The molecular formula is C15H23ClN4O2. The van der Waals surface area contributed by atoms with Crippen LogP contribution >= 0.6 is 12.4 Å². The first-order chi connectivity index (χ1) is 10.0. The maximum Gasteiger partial charge on any atom is 0.316 e. The van der Waals surface area contributed by atoms with E-state index < -0.39 is 6.03 Å². The number of nitrogens with two attached hydrogens (primary N) is 2. The van der Waals surface area contributed by atoms with E-state index in [2.05, 4.69) is 12.2 Å². The van der Waals surface area contributed by atoms with Gasteiger partial charge in [-0.15, -0.1) is 12.4 Å². The molecule has 2 unspecified atom stereocenters. The zero-order valence-corrected chi connectivity index (χ0v) is 13.4. The van der Waals surface area contributed by atoms with E-state index in [9.17, 15) is 9.59 Å². The van der Waals surface area contributed by atoms with E-state index in [1.54, 1.807) is 24.3 Å². The average molecular weight is 327 g/mol. The van der Waals surface area contributed by atoms with Gasteiger partial charge >= 0.3 is 6.03 Å². The summed E-state index contributed by atoms with van der Waals surface area (Å²) in [7, 11) is 0. The van der Waals surface area contributed by atoms with Crippen molar-refractivity contribution < 1.29 is 9.59 Å². The Morgan fingerprint density at radius 1 is 1.41 bits per heavy atom. The summed E-state index contributed by atoms with van der Waals surface area (Å²) < 4.78 is 0. The molecule has 1 aromatic carbocycles. The lowest BCUT2D eigenvalue weighted by atomic mass is 9.92. The number of piperidine rings is 1. The first-order valence-corrected chi connectivity index (χ1v) is 7.18. The molecule has 22 heavy (non-hydrogen) atoms. The molecule has 1 fully saturated rings. The fraction of sp³-hybridized carbons (Fsp3) is 0.467. The van der Waals surface area contributed by atoms with Crippen molar-refractivity contribution in [1.29, 1.82) is 0 Å². The van der Waals surface area contributed by atoms with E-state index in [0.29, 0.717) is 23.7 Å². The molecule has 0 aliphatic carbocycles. The summed E-state index contributed by atoms with van der Waals surface area (Å²) >= 11 is 0. The minimum absolute atomic E-state index is 0. The van der Waals surface area contributed by atoms with E-state index >= 15 is 0 Å². The Kier molecular flexibility index (Phi) is 6.64. The smallest absolute Gasteiger partial charge is 0.316 e. The highest BCUT2D eigenvalue weighted by Crippen LogP contribution is 2.24. The number of likely N-dealkylation sites (tertiary alicyclic amines) is 1. The fourth-order valence-corrected chi connectivity index (χ4v) is 2.78. The zero-order chi connectivity index (χ0) is 15.4. The van der Waals surface area contributed by atoms with Crippen LogP contribution in [0.4, 0.5) is 10.5 Å². The topological polar surface area (TPSA) is 101 Å². The number of amides is 3. The highest BCUT2D eigenvalue weighted by atomic mass is 35.5. The molecule has 1 aliphatic rings. The van der Waals surface area contributed by atoms with Crippen LogP contribution in [-0.2, 0) is 0 Å². The molecule has 0 aromatic heterocycles. The molecule has 122 valence electrons. The van der Waals surface area contributed by atoms with Crippen LogP contribution < -0.4 is 16.8 Å². The van der Waals surface area contributed by atoms with Gasteiger partial charge in [0.15, 0.2) is 0 Å². The third-order valence-electron chi connectivity index (χ3n) is 3.89. The molecule has 1 saturated heterocycles. The van der Waals surface area contributed by atoms with Crippen molar-refractivity contribution in [2.24, 2.45) is 17.4 Å². The van der Waals surface area contributed by atoms with Gasteiger partial charge in [0.1, 0.15) is 0 Å². The summed E-state index contributed by atoms with van der Waals surface area (Å²) in [5.41, 5.74) is 11.9. The number of urea groups is 1. The number of carbonyl (C=O) groups excluding carboxylic acids is 2. The number of hydrogen-bond acceptors (Lipinski definition) is 3. The maximum absolute atomic E-state index is 12.6. The number of benzene rings is 1. The quantitative estimate of drug-likeness (QED) is 0.789. The van der Waals surface area contributed by atoms with Gasteiger partial charge in [0, 0.05) is 30.4 Å². The fourth-order valence-electron chi connectivity index (χ4n) is 2.78. The summed E-state index contributed by atoms with van der Waals surface area (Å²) in [6.07, 6.45) is 1.92. The van der Waals surface area contributed by atoms with Crippen LogP contribution in [0.1, 0.15) is 30.1 Å². The van der Waals surface area contributed by atoms with Gasteiger partial charge in [0.25, 0.3) is 5.91 Å². The molecule has 6 nitrogen and oxygen atoms in total. The van der Waals surface area contributed by atoms with Crippen molar-refractivity contribution in [3.05, 3.63) is 29.8 Å². The predicted octanol–water partition coefficient (Wildman–Crippen LogP) is 1.80. The van der Waals surface area contributed by atoms with E-state index in [1.165, 1.54) is 0 Å². The van der Waals surface area contributed by atoms with Gasteiger partial charge in [0.2, 0.25) is 0 Å². The van der Waals surface area contributed by atoms with Gasteiger partial charge in [-0.2, -0.15) is 0 Å². The van der Waals surface area contributed by atoms with Gasteiger partial charge in [-0.25, -0.2) is 4.79 Å². The van der Waals surface area contributed by atoms with Crippen molar-refractivity contribution >= 4 is 30.0 Å². The monoisotopic (exact) mass is 326 g/mol. The molecule has 2 rings (SSSR count). The summed E-state index contributed by atoms with van der Waals surface area (Å²) in [6.45, 7) is 3.37. The summed E-state index contributed by atoms with van der Waals surface area (Å²) in [4.78, 5) is 25.4. The molecule has 1 aromatic rings. The molecule has 0 radical (unpaired) electrons. The maximum atomic E-state index is 12.6. The van der Waals surface area contributed by atoms with Gasteiger partial charge in [-0.05, 0) is 37.0 Å². The number of carbonyl (C=O) groups is 2. The van der Waals surface area contributed by atoms with E-state index in [0.717, 1.165) is 19.4 Å². The Morgan fingerprint density at radius 2 is 2.14 bits per heavy atom. The second kappa shape index (κ2) is 8.00. The Morgan fingerprint density at radius 3 is 2.77 bits per heavy atom. The molecule has 0 bridgehead atoms. The number of rotatable bonds is 3. The van der Waals surface area contributed by atoms with E-state index in [-0.39, 0.29) is 24.4 Å². The van der Waals surface area contributed by atoms with Crippen molar-refractivity contribution in [1.82, 2.24) is 4.90 Å². The van der Waals surface area contributed by atoms with Crippen LogP contribution in [0.25, 0.3) is 0 Å². The molecule has 7 heteroatoms. The molecule has 2 atom stereocenters. The van der Waals surface area contributed by atoms with Gasteiger partial charge in [0.05, 0.1) is 0 Å². The largest absolute Gasteiger partial charge is 0.351 e. The molecule has 1 aliphatic heterocycles. The molecule has 0 spiro atoms. The van der Waals surface area contributed by atoms with Crippen LogP contribution in [0.3, 0.4) is 0 Å². The number of hydrogen-bond donors (Lipinski definition) is 3. The molecular weight excluding hydrogens is 304 g/mol. The van der Waals surface area contributed by atoms with Gasteiger partial charge in [-0.1, -0.05) is 13.0 Å². The highest BCUT2D eigenvalue weighted by Gasteiger charge is 2.29. The van der Waals surface area contributed by atoms with Crippen LogP contribution in [0.2, 0.25) is 0 Å². The predicted molar refractivity (Wildman–Crippen MR) is 89.2 cm³/mol. The van der Waals surface area contributed by atoms with Crippen molar-refractivity contribution in [3.63, 3.8) is 0 Å². The minimum atomic E-state index is -0.647. The number of primary amides is 1. The third-order valence-corrected chi connectivity index (χ3v) is 3.89. The molecule has 5 N–H and O–H groups in total. The number of anilines is 1. The number of nitrogens with zero attached hydrogens (tertiary/aromatic N) is 1. The van der Waals surface area contributed by atoms with Crippen LogP contribution in [-0.4, -0.2) is 36.0 Å². The second-order valence-electron chi connectivity index (χ2n) is 5.59. The summed E-state index contributed by atoms with van der Waals surface area (Å²) in [5, 5.41) is 2.48. The lowest BCUT2D eigenvalue weighted by Crippen LogP contribution is -2.49. The first kappa shape index (κ1) is 18.3. The highest BCUT2D eigenvalue weighted by molar-refractivity contribution is 5.96. The minimum Gasteiger partial charge on any atom is -0.351 e. The van der Waals surface area contributed by atoms with E-state index in [1.807, 2.05) is 4.90 Å². The van der Waals surface area contributed by atoms with Crippen LogP contribution in [0.15, 0.2) is 24.3 Å². The van der Waals surface area contributed by atoms with Gasteiger partial charge in [-0.3, -0.25) is 4.79 Å². The van der Waals surface area contributed by atoms with Crippen LogP contribution in [0, 0.1) is 5.92 Å². The van der Waals surface area contributed by atoms with E-state index in [4.69, 9.17) is 11.5 Å². The summed E-state index contributed by atoms with van der Waals surface area (Å²) in [6, 6.07) is 6.22.